The fourth-order valence-electron chi connectivity index (χ4n) is 3.51. The van der Waals surface area contributed by atoms with Gasteiger partial charge in [0.2, 0.25) is 5.76 Å². The average molecular weight is 446 g/mol. The first kappa shape index (κ1) is 23.8. The van der Waals surface area contributed by atoms with E-state index in [2.05, 4.69) is 11.4 Å². The van der Waals surface area contributed by atoms with Crippen LogP contribution >= 0.6 is 0 Å². The van der Waals surface area contributed by atoms with Crippen LogP contribution in [0.3, 0.4) is 0 Å². The van der Waals surface area contributed by atoms with Gasteiger partial charge in [0.1, 0.15) is 5.75 Å². The Morgan fingerprint density at radius 1 is 1.00 bits per heavy atom. The molecule has 0 heterocycles. The molecule has 6 nitrogen and oxygen atoms in total. The molecule has 0 bridgehead atoms. The van der Waals surface area contributed by atoms with Crippen molar-refractivity contribution in [1.82, 2.24) is 5.32 Å². The Bertz CT molecular complexity index is 1170. The van der Waals surface area contributed by atoms with Gasteiger partial charge in [-0.3, -0.25) is 4.79 Å². The zero-order chi connectivity index (χ0) is 23.8. The van der Waals surface area contributed by atoms with Crippen molar-refractivity contribution in [3.8, 4) is 16.9 Å². The fourth-order valence-corrected chi connectivity index (χ4v) is 3.51. The second-order valence-corrected chi connectivity index (χ2v) is 7.55. The molecule has 3 aromatic carbocycles. The number of hydrogen-bond donors (Lipinski definition) is 2. The summed E-state index contributed by atoms with van der Waals surface area (Å²) < 4.78 is 10.0. The highest BCUT2D eigenvalue weighted by Gasteiger charge is 2.09. The normalized spacial score (nSPS) is 11.2. The Balaban J connectivity index is 1.66. The molecule has 3 rings (SSSR count). The van der Waals surface area contributed by atoms with Crippen LogP contribution < -0.4 is 10.1 Å². The molecule has 0 amide bonds. The second-order valence-electron chi connectivity index (χ2n) is 7.55. The summed E-state index contributed by atoms with van der Waals surface area (Å²) in [6, 6.07) is 20.9. The van der Waals surface area contributed by atoms with Gasteiger partial charge < -0.3 is 19.9 Å². The maximum Gasteiger partial charge on any atom is 0.371 e. The maximum absolute atomic E-state index is 12.4. The van der Waals surface area contributed by atoms with Crippen molar-refractivity contribution in [2.45, 2.75) is 13.5 Å². The summed E-state index contributed by atoms with van der Waals surface area (Å²) in [5.41, 5.74) is 5.58. The molecule has 3 aromatic rings. The van der Waals surface area contributed by atoms with E-state index in [1.54, 1.807) is 31.4 Å². The number of ether oxygens (including phenoxy) is 2. The number of carboxylic acid groups (broad SMARTS) is 1. The molecule has 0 atom stereocenters. The van der Waals surface area contributed by atoms with E-state index in [1.165, 1.54) is 13.2 Å². The summed E-state index contributed by atoms with van der Waals surface area (Å²) in [5, 5.41) is 12.3. The molecule has 170 valence electrons. The third-order valence-electron chi connectivity index (χ3n) is 5.24. The van der Waals surface area contributed by atoms with Crippen LogP contribution in [-0.2, 0) is 16.1 Å². The number of hydrogen-bond acceptors (Lipinski definition) is 5. The van der Waals surface area contributed by atoms with Crippen molar-refractivity contribution in [1.29, 1.82) is 0 Å². The van der Waals surface area contributed by atoms with Crippen LogP contribution in [0.1, 0.15) is 27.0 Å². The highest BCUT2D eigenvalue weighted by atomic mass is 16.5. The van der Waals surface area contributed by atoms with Gasteiger partial charge in [-0.15, -0.1) is 0 Å². The Morgan fingerprint density at radius 3 is 2.39 bits per heavy atom. The summed E-state index contributed by atoms with van der Waals surface area (Å²) in [5.74, 6) is -0.480. The SMILES string of the molecule is CO/C(=C\c1ccc(-c2cccc(CNCC(=O)c3ccc(OC)cc3)c2)c(C)c1)C(=O)O. The van der Waals surface area contributed by atoms with E-state index in [-0.39, 0.29) is 18.1 Å². The van der Waals surface area contributed by atoms with Gasteiger partial charge in [-0.05, 0) is 71.1 Å². The molecule has 0 aromatic heterocycles. The molecule has 33 heavy (non-hydrogen) atoms. The third kappa shape index (κ3) is 6.30. The average Bonchev–Trinajstić information content (AvgIpc) is 2.82. The Kier molecular flexibility index (Phi) is 8.00. The van der Waals surface area contributed by atoms with Crippen LogP contribution in [0.5, 0.6) is 5.75 Å². The lowest BCUT2D eigenvalue weighted by Crippen LogP contribution is -2.22. The van der Waals surface area contributed by atoms with Crippen molar-refractivity contribution in [3.63, 3.8) is 0 Å². The number of carboxylic acids is 1. The topological polar surface area (TPSA) is 84.9 Å². The molecule has 0 aliphatic carbocycles. The predicted octanol–water partition coefficient (Wildman–Crippen LogP) is 4.72. The van der Waals surface area contributed by atoms with E-state index in [0.29, 0.717) is 12.1 Å². The Labute approximate surface area is 193 Å². The molecule has 0 aliphatic heterocycles. The number of rotatable bonds is 10. The first-order valence-corrected chi connectivity index (χ1v) is 10.5. The molecule has 2 N–H and O–H groups in total. The molecule has 0 radical (unpaired) electrons. The lowest BCUT2D eigenvalue weighted by Gasteiger charge is -2.11. The number of benzene rings is 3. The highest BCUT2D eigenvalue weighted by Crippen LogP contribution is 2.26. The Morgan fingerprint density at radius 2 is 1.76 bits per heavy atom. The summed E-state index contributed by atoms with van der Waals surface area (Å²) in [4.78, 5) is 23.5. The van der Waals surface area contributed by atoms with Gasteiger partial charge in [0.05, 0.1) is 20.8 Å². The number of carbonyl (C=O) groups excluding carboxylic acids is 1. The van der Waals surface area contributed by atoms with E-state index in [0.717, 1.165) is 33.6 Å². The number of aliphatic carboxylic acids is 1. The quantitative estimate of drug-likeness (QED) is 0.267. The number of carbonyl (C=O) groups is 2. The fraction of sp³-hybridized carbons (Fsp3) is 0.185. The van der Waals surface area contributed by atoms with Crippen LogP contribution in [0.4, 0.5) is 0 Å². The number of aryl methyl sites for hydroxylation is 1. The molecule has 0 spiro atoms. The van der Waals surface area contributed by atoms with Crippen molar-refractivity contribution < 1.29 is 24.2 Å². The third-order valence-corrected chi connectivity index (χ3v) is 5.24. The van der Waals surface area contributed by atoms with Crippen molar-refractivity contribution in [2.75, 3.05) is 20.8 Å². The Hall–Kier alpha value is -3.90. The van der Waals surface area contributed by atoms with E-state index >= 15 is 0 Å². The van der Waals surface area contributed by atoms with Crippen molar-refractivity contribution >= 4 is 17.8 Å². The maximum atomic E-state index is 12.4. The van der Waals surface area contributed by atoms with Gasteiger partial charge in [0.25, 0.3) is 0 Å². The highest BCUT2D eigenvalue weighted by molar-refractivity contribution is 5.97. The van der Waals surface area contributed by atoms with Gasteiger partial charge in [-0.1, -0.05) is 36.4 Å². The first-order chi connectivity index (χ1) is 15.9. The van der Waals surface area contributed by atoms with E-state index < -0.39 is 5.97 Å². The molecule has 0 unspecified atom stereocenters. The zero-order valence-corrected chi connectivity index (χ0v) is 18.9. The van der Waals surface area contributed by atoms with Crippen molar-refractivity contribution in [3.05, 3.63) is 94.7 Å². The first-order valence-electron chi connectivity index (χ1n) is 10.5. The molecule has 0 saturated carbocycles. The van der Waals surface area contributed by atoms with E-state index in [4.69, 9.17) is 14.6 Å². The second kappa shape index (κ2) is 11.1. The van der Waals surface area contributed by atoms with Gasteiger partial charge >= 0.3 is 5.97 Å². The molecule has 6 heteroatoms. The summed E-state index contributed by atoms with van der Waals surface area (Å²) >= 11 is 0. The van der Waals surface area contributed by atoms with Crippen LogP contribution in [0.2, 0.25) is 0 Å². The van der Waals surface area contributed by atoms with Gasteiger partial charge in [0, 0.05) is 12.1 Å². The monoisotopic (exact) mass is 445 g/mol. The van der Waals surface area contributed by atoms with E-state index in [1.807, 2.05) is 43.3 Å². The number of methoxy groups -OCH3 is 2. The smallest absolute Gasteiger partial charge is 0.371 e. The summed E-state index contributed by atoms with van der Waals surface area (Å²) in [6.45, 7) is 2.78. The van der Waals surface area contributed by atoms with Crippen molar-refractivity contribution in [2.24, 2.45) is 0 Å². The number of nitrogens with one attached hydrogen (secondary N) is 1. The minimum Gasteiger partial charge on any atom is -0.497 e. The van der Waals surface area contributed by atoms with Gasteiger partial charge in [-0.2, -0.15) is 0 Å². The van der Waals surface area contributed by atoms with Gasteiger partial charge in [0.15, 0.2) is 5.78 Å². The predicted molar refractivity (Wildman–Crippen MR) is 128 cm³/mol. The number of Topliss-reactive ketones (excluding diaryl/α,β-unsaturated/α-hetero) is 1. The summed E-state index contributed by atoms with van der Waals surface area (Å²) in [7, 11) is 2.93. The van der Waals surface area contributed by atoms with Crippen LogP contribution in [0, 0.1) is 6.92 Å². The molecule has 0 saturated heterocycles. The summed E-state index contributed by atoms with van der Waals surface area (Å²) in [6.07, 6.45) is 1.50. The lowest BCUT2D eigenvalue weighted by molar-refractivity contribution is -0.135. The van der Waals surface area contributed by atoms with Gasteiger partial charge in [-0.25, -0.2) is 4.79 Å². The van der Waals surface area contributed by atoms with Crippen LogP contribution in [0.25, 0.3) is 17.2 Å². The lowest BCUT2D eigenvalue weighted by atomic mass is 9.97. The minimum atomic E-state index is -1.11. The van der Waals surface area contributed by atoms with Crippen LogP contribution in [0.15, 0.2) is 72.5 Å². The minimum absolute atomic E-state index is 0.0186. The molecular formula is C27H27NO5. The zero-order valence-electron chi connectivity index (χ0n) is 18.9. The molecular weight excluding hydrogens is 418 g/mol. The van der Waals surface area contributed by atoms with E-state index in [9.17, 15) is 9.59 Å². The van der Waals surface area contributed by atoms with Crippen LogP contribution in [-0.4, -0.2) is 37.6 Å². The number of ketones is 1. The standard InChI is InChI=1S/C27H27NO5/c1-18-13-19(15-26(33-3)27(30)31)7-12-24(18)22-6-4-5-20(14-22)16-28-17-25(29)21-8-10-23(32-2)11-9-21/h4-15,28H,16-17H2,1-3H3,(H,30,31)/b26-15-. The molecule has 0 fully saturated rings. The molecule has 0 aliphatic rings. The largest absolute Gasteiger partial charge is 0.497 e.